The van der Waals surface area contributed by atoms with Crippen LogP contribution in [0, 0.1) is 0 Å². The van der Waals surface area contributed by atoms with Crippen LogP contribution in [-0.4, -0.2) is 35.2 Å². The molecule has 1 rings (SSSR count). The predicted octanol–water partition coefficient (Wildman–Crippen LogP) is -0.185. The highest BCUT2D eigenvalue weighted by Crippen LogP contribution is 2.11. The Hall–Kier alpha value is -2.05. The van der Waals surface area contributed by atoms with Gasteiger partial charge in [-0.2, -0.15) is 0 Å². The second-order valence-corrected chi connectivity index (χ2v) is 2.90. The van der Waals surface area contributed by atoms with E-state index in [-0.39, 0.29) is 24.7 Å². The van der Waals surface area contributed by atoms with Gasteiger partial charge in [0.25, 0.3) is 0 Å². The zero-order chi connectivity index (χ0) is 12.1. The van der Waals surface area contributed by atoms with Gasteiger partial charge in [-0.05, 0) is 6.92 Å². The Labute approximate surface area is 92.1 Å². The van der Waals surface area contributed by atoms with E-state index >= 15 is 0 Å². The average Bonchev–Trinajstić information content (AvgIpc) is 2.61. The lowest BCUT2D eigenvalue weighted by molar-refractivity contribution is -0.141. The summed E-state index contributed by atoms with van der Waals surface area (Å²) in [6.07, 6.45) is 1.29. The number of nitrogens with zero attached hydrogens (tertiary/aromatic N) is 2. The number of hydrogen-bond acceptors (Lipinski definition) is 6. The Morgan fingerprint density at radius 3 is 2.81 bits per heavy atom. The van der Waals surface area contributed by atoms with Gasteiger partial charge < -0.3 is 19.8 Å². The normalized spacial score (nSPS) is 9.88. The van der Waals surface area contributed by atoms with Crippen molar-refractivity contribution in [3.63, 3.8) is 0 Å². The highest BCUT2D eigenvalue weighted by Gasteiger charge is 2.17. The third kappa shape index (κ3) is 2.50. The Morgan fingerprint density at radius 1 is 1.56 bits per heavy atom. The molecule has 0 bridgehead atoms. The first-order valence-electron chi connectivity index (χ1n) is 4.64. The molecule has 0 aliphatic carbocycles. The SMILES string of the molecule is CCOC(=O)c1ncn(CC(=O)OC)c1N. The Kier molecular flexibility index (Phi) is 3.87. The fourth-order valence-corrected chi connectivity index (χ4v) is 1.08. The number of carbonyl (C=O) groups excluding carboxylic acids is 2. The van der Waals surface area contributed by atoms with E-state index in [1.165, 1.54) is 18.0 Å². The summed E-state index contributed by atoms with van der Waals surface area (Å²) in [6, 6.07) is 0. The second kappa shape index (κ2) is 5.15. The largest absolute Gasteiger partial charge is 0.468 e. The number of ether oxygens (including phenoxy) is 2. The molecule has 7 nitrogen and oxygen atoms in total. The minimum atomic E-state index is -0.608. The number of methoxy groups -OCH3 is 1. The summed E-state index contributed by atoms with van der Waals surface area (Å²) >= 11 is 0. The molecule has 1 aromatic rings. The van der Waals surface area contributed by atoms with Crippen LogP contribution in [-0.2, 0) is 20.8 Å². The molecule has 0 unspecified atom stereocenters. The number of nitrogen functional groups attached to an aromatic ring is 1. The first-order valence-corrected chi connectivity index (χ1v) is 4.64. The third-order valence-corrected chi connectivity index (χ3v) is 1.87. The van der Waals surface area contributed by atoms with Crippen LogP contribution in [0.4, 0.5) is 5.82 Å². The molecule has 2 N–H and O–H groups in total. The summed E-state index contributed by atoms with van der Waals surface area (Å²) < 4.78 is 10.5. The van der Waals surface area contributed by atoms with Gasteiger partial charge in [-0.15, -0.1) is 0 Å². The molecule has 0 amide bonds. The van der Waals surface area contributed by atoms with Crippen molar-refractivity contribution in [3.8, 4) is 0 Å². The Bertz CT molecular complexity index is 399. The molecule has 16 heavy (non-hydrogen) atoms. The number of aromatic nitrogens is 2. The van der Waals surface area contributed by atoms with Gasteiger partial charge in [0.1, 0.15) is 12.4 Å². The number of imidazole rings is 1. The molecule has 0 radical (unpaired) electrons. The van der Waals surface area contributed by atoms with Gasteiger partial charge in [-0.25, -0.2) is 9.78 Å². The van der Waals surface area contributed by atoms with E-state index in [4.69, 9.17) is 10.5 Å². The topological polar surface area (TPSA) is 96.4 Å². The number of nitrogens with two attached hydrogens (primary N) is 1. The van der Waals surface area contributed by atoms with E-state index in [1.807, 2.05) is 0 Å². The molecule has 0 atom stereocenters. The number of anilines is 1. The molecule has 1 heterocycles. The highest BCUT2D eigenvalue weighted by atomic mass is 16.5. The quantitative estimate of drug-likeness (QED) is 0.716. The monoisotopic (exact) mass is 227 g/mol. The number of rotatable bonds is 4. The molecular formula is C9H13N3O4. The van der Waals surface area contributed by atoms with E-state index in [9.17, 15) is 9.59 Å². The molecule has 0 aliphatic heterocycles. The second-order valence-electron chi connectivity index (χ2n) is 2.90. The Morgan fingerprint density at radius 2 is 2.25 bits per heavy atom. The fraction of sp³-hybridized carbons (Fsp3) is 0.444. The van der Waals surface area contributed by atoms with E-state index in [2.05, 4.69) is 9.72 Å². The van der Waals surface area contributed by atoms with Crippen LogP contribution in [0.5, 0.6) is 0 Å². The standard InChI is InChI=1S/C9H13N3O4/c1-3-16-9(14)7-8(10)12(5-11-7)4-6(13)15-2/h5H,3-4,10H2,1-2H3. The van der Waals surface area contributed by atoms with Gasteiger partial charge in [0.15, 0.2) is 5.69 Å². The molecule has 0 saturated carbocycles. The summed E-state index contributed by atoms with van der Waals surface area (Å²) in [6.45, 7) is 1.83. The van der Waals surface area contributed by atoms with Gasteiger partial charge in [0.2, 0.25) is 0 Å². The lowest BCUT2D eigenvalue weighted by Gasteiger charge is -2.03. The highest BCUT2D eigenvalue weighted by molar-refractivity contribution is 5.92. The van der Waals surface area contributed by atoms with Crippen molar-refractivity contribution in [1.29, 1.82) is 0 Å². The van der Waals surface area contributed by atoms with Gasteiger partial charge in [-0.1, -0.05) is 0 Å². The van der Waals surface area contributed by atoms with Crippen LogP contribution in [0.3, 0.4) is 0 Å². The van der Waals surface area contributed by atoms with E-state index in [0.717, 1.165) is 0 Å². The summed E-state index contributed by atoms with van der Waals surface area (Å²) in [5.41, 5.74) is 5.63. The molecular weight excluding hydrogens is 214 g/mol. The lowest BCUT2D eigenvalue weighted by Crippen LogP contribution is -2.14. The Balaban J connectivity index is 2.84. The number of carbonyl (C=O) groups is 2. The van der Waals surface area contributed by atoms with Crippen LogP contribution in [0.2, 0.25) is 0 Å². The fourth-order valence-electron chi connectivity index (χ4n) is 1.08. The van der Waals surface area contributed by atoms with E-state index in [1.54, 1.807) is 6.92 Å². The minimum Gasteiger partial charge on any atom is -0.468 e. The predicted molar refractivity (Wildman–Crippen MR) is 54.6 cm³/mol. The molecule has 0 fully saturated rings. The molecule has 0 saturated heterocycles. The molecule has 1 aromatic heterocycles. The summed E-state index contributed by atoms with van der Waals surface area (Å²) in [5.74, 6) is -0.994. The first-order chi connectivity index (χ1) is 7.60. The molecule has 88 valence electrons. The maximum atomic E-state index is 11.3. The lowest BCUT2D eigenvalue weighted by atomic mass is 10.4. The van der Waals surface area contributed by atoms with E-state index in [0.29, 0.717) is 0 Å². The van der Waals surface area contributed by atoms with Crippen molar-refractivity contribution in [2.45, 2.75) is 13.5 Å². The van der Waals surface area contributed by atoms with Crippen LogP contribution in [0.1, 0.15) is 17.4 Å². The van der Waals surface area contributed by atoms with Gasteiger partial charge in [0.05, 0.1) is 20.0 Å². The maximum Gasteiger partial charge on any atom is 0.360 e. The van der Waals surface area contributed by atoms with Crippen LogP contribution < -0.4 is 5.73 Å². The van der Waals surface area contributed by atoms with Crippen molar-refractivity contribution in [3.05, 3.63) is 12.0 Å². The van der Waals surface area contributed by atoms with Crippen molar-refractivity contribution in [1.82, 2.24) is 9.55 Å². The molecule has 0 aromatic carbocycles. The van der Waals surface area contributed by atoms with Crippen molar-refractivity contribution >= 4 is 17.8 Å². The first kappa shape index (κ1) is 12.0. The maximum absolute atomic E-state index is 11.3. The van der Waals surface area contributed by atoms with Gasteiger partial charge >= 0.3 is 11.9 Å². The molecule has 0 spiro atoms. The van der Waals surface area contributed by atoms with Gasteiger partial charge in [-0.3, -0.25) is 4.79 Å². The van der Waals surface area contributed by atoms with Crippen LogP contribution >= 0.6 is 0 Å². The van der Waals surface area contributed by atoms with Crippen molar-refractivity contribution in [2.24, 2.45) is 0 Å². The van der Waals surface area contributed by atoms with E-state index < -0.39 is 11.9 Å². The number of esters is 2. The molecule has 0 aliphatic rings. The summed E-state index contributed by atoms with van der Waals surface area (Å²) in [5, 5.41) is 0. The third-order valence-electron chi connectivity index (χ3n) is 1.87. The van der Waals surface area contributed by atoms with Crippen LogP contribution in [0.15, 0.2) is 6.33 Å². The number of hydrogen-bond donors (Lipinski definition) is 1. The van der Waals surface area contributed by atoms with Gasteiger partial charge in [0, 0.05) is 0 Å². The van der Waals surface area contributed by atoms with Crippen molar-refractivity contribution in [2.75, 3.05) is 19.5 Å². The average molecular weight is 227 g/mol. The zero-order valence-corrected chi connectivity index (χ0v) is 9.10. The zero-order valence-electron chi connectivity index (χ0n) is 9.10. The smallest absolute Gasteiger partial charge is 0.360 e. The molecule has 7 heteroatoms. The van der Waals surface area contributed by atoms with Crippen LogP contribution in [0.25, 0.3) is 0 Å². The minimum absolute atomic E-state index is 0.00533. The summed E-state index contributed by atoms with van der Waals surface area (Å²) in [4.78, 5) is 26.1. The summed E-state index contributed by atoms with van der Waals surface area (Å²) in [7, 11) is 1.27. The van der Waals surface area contributed by atoms with Crippen molar-refractivity contribution < 1.29 is 19.1 Å².